The van der Waals surface area contributed by atoms with Gasteiger partial charge >= 0.3 is 6.61 Å². The molecular formula is C14H20F2N2O. The van der Waals surface area contributed by atoms with Gasteiger partial charge in [-0.05, 0) is 30.0 Å². The molecule has 0 radical (unpaired) electrons. The minimum absolute atomic E-state index is 0.0729. The first-order valence-electron chi connectivity index (χ1n) is 6.70. The zero-order valence-corrected chi connectivity index (χ0v) is 10.8. The lowest BCUT2D eigenvalue weighted by Gasteiger charge is -2.20. The molecule has 0 bridgehead atoms. The minimum Gasteiger partial charge on any atom is -0.435 e. The first-order valence-corrected chi connectivity index (χ1v) is 6.70. The average Bonchev–Trinajstić information content (AvgIpc) is 2.89. The first kappa shape index (κ1) is 14.2. The van der Waals surface area contributed by atoms with Gasteiger partial charge in [0.25, 0.3) is 0 Å². The SMILES string of the molecule is NNC(CC1CCCC1)c1ccc(OC(F)F)cc1. The van der Waals surface area contributed by atoms with Gasteiger partial charge in [0.15, 0.2) is 0 Å². The third kappa shape index (κ3) is 4.14. The topological polar surface area (TPSA) is 47.3 Å². The standard InChI is InChI=1S/C14H20F2N2O/c15-14(16)19-12-7-5-11(6-8-12)13(18-17)9-10-3-1-2-4-10/h5-8,10,13-14,18H,1-4,9,17H2. The summed E-state index contributed by atoms with van der Waals surface area (Å²) >= 11 is 0. The summed E-state index contributed by atoms with van der Waals surface area (Å²) in [7, 11) is 0. The van der Waals surface area contributed by atoms with Crippen molar-refractivity contribution in [2.45, 2.75) is 44.8 Å². The maximum absolute atomic E-state index is 12.1. The molecule has 1 aromatic rings. The van der Waals surface area contributed by atoms with Crippen molar-refractivity contribution in [1.29, 1.82) is 0 Å². The van der Waals surface area contributed by atoms with Gasteiger partial charge in [0, 0.05) is 6.04 Å². The van der Waals surface area contributed by atoms with Crippen molar-refractivity contribution in [3.63, 3.8) is 0 Å². The number of hydrogen-bond donors (Lipinski definition) is 2. The summed E-state index contributed by atoms with van der Waals surface area (Å²) in [5.41, 5.74) is 3.83. The number of hydrazine groups is 1. The van der Waals surface area contributed by atoms with E-state index in [-0.39, 0.29) is 11.8 Å². The van der Waals surface area contributed by atoms with Crippen LogP contribution in [0.1, 0.15) is 43.7 Å². The van der Waals surface area contributed by atoms with E-state index in [1.54, 1.807) is 24.3 Å². The van der Waals surface area contributed by atoms with Crippen molar-refractivity contribution in [2.75, 3.05) is 0 Å². The van der Waals surface area contributed by atoms with E-state index in [1.165, 1.54) is 25.7 Å². The summed E-state index contributed by atoms with van der Waals surface area (Å²) in [6.45, 7) is -2.78. The predicted molar refractivity (Wildman–Crippen MR) is 69.7 cm³/mol. The normalized spacial score (nSPS) is 17.9. The van der Waals surface area contributed by atoms with Crippen LogP contribution < -0.4 is 16.0 Å². The van der Waals surface area contributed by atoms with Crippen LogP contribution in [-0.2, 0) is 0 Å². The molecule has 1 aliphatic carbocycles. The molecule has 1 fully saturated rings. The number of hydrogen-bond acceptors (Lipinski definition) is 3. The van der Waals surface area contributed by atoms with Gasteiger partial charge in [-0.15, -0.1) is 0 Å². The third-order valence-corrected chi connectivity index (χ3v) is 3.75. The Labute approximate surface area is 112 Å². The zero-order valence-electron chi connectivity index (χ0n) is 10.8. The Bertz CT molecular complexity index is 378. The Balaban J connectivity index is 1.97. The van der Waals surface area contributed by atoms with E-state index in [9.17, 15) is 8.78 Å². The van der Waals surface area contributed by atoms with Crippen molar-refractivity contribution < 1.29 is 13.5 Å². The number of nitrogens with two attached hydrogens (primary N) is 1. The molecule has 5 heteroatoms. The van der Waals surface area contributed by atoms with Crippen LogP contribution in [0.5, 0.6) is 5.75 Å². The summed E-state index contributed by atoms with van der Waals surface area (Å²) < 4.78 is 28.5. The fourth-order valence-electron chi connectivity index (χ4n) is 2.76. The zero-order chi connectivity index (χ0) is 13.7. The fraction of sp³-hybridized carbons (Fsp3) is 0.571. The van der Waals surface area contributed by atoms with Gasteiger partial charge in [-0.3, -0.25) is 11.3 Å². The molecule has 2 rings (SSSR count). The Morgan fingerprint density at radius 1 is 1.21 bits per heavy atom. The molecule has 0 aromatic heterocycles. The number of alkyl halides is 2. The van der Waals surface area contributed by atoms with E-state index in [0.29, 0.717) is 5.92 Å². The van der Waals surface area contributed by atoms with Gasteiger partial charge in [0.1, 0.15) is 5.75 Å². The molecule has 0 spiro atoms. The van der Waals surface area contributed by atoms with E-state index in [1.807, 2.05) is 0 Å². The molecule has 0 amide bonds. The molecular weight excluding hydrogens is 250 g/mol. The molecule has 0 heterocycles. The van der Waals surface area contributed by atoms with E-state index in [0.717, 1.165) is 12.0 Å². The highest BCUT2D eigenvalue weighted by molar-refractivity contribution is 5.29. The van der Waals surface area contributed by atoms with E-state index < -0.39 is 6.61 Å². The van der Waals surface area contributed by atoms with Crippen molar-refractivity contribution in [2.24, 2.45) is 11.8 Å². The lowest BCUT2D eigenvalue weighted by Crippen LogP contribution is -2.29. The summed E-state index contributed by atoms with van der Waals surface area (Å²) in [5, 5.41) is 0. The van der Waals surface area contributed by atoms with Crippen LogP contribution in [0.4, 0.5) is 8.78 Å². The van der Waals surface area contributed by atoms with Crippen LogP contribution >= 0.6 is 0 Å². The average molecular weight is 270 g/mol. The van der Waals surface area contributed by atoms with Crippen LogP contribution in [0.15, 0.2) is 24.3 Å². The van der Waals surface area contributed by atoms with Crippen LogP contribution in [-0.4, -0.2) is 6.61 Å². The second kappa shape index (κ2) is 6.82. The van der Waals surface area contributed by atoms with Gasteiger partial charge in [-0.1, -0.05) is 37.8 Å². The summed E-state index contributed by atoms with van der Waals surface area (Å²) in [6.07, 6.45) is 6.09. The molecule has 1 aromatic carbocycles. The van der Waals surface area contributed by atoms with Crippen LogP contribution in [0, 0.1) is 5.92 Å². The molecule has 3 N–H and O–H groups in total. The maximum Gasteiger partial charge on any atom is 0.387 e. The first-order chi connectivity index (χ1) is 9.19. The van der Waals surface area contributed by atoms with Crippen molar-refractivity contribution in [3.05, 3.63) is 29.8 Å². The quantitative estimate of drug-likeness (QED) is 0.615. The Hall–Kier alpha value is -1.20. The van der Waals surface area contributed by atoms with Crippen molar-refractivity contribution in [1.82, 2.24) is 5.43 Å². The van der Waals surface area contributed by atoms with Gasteiger partial charge in [0.2, 0.25) is 0 Å². The van der Waals surface area contributed by atoms with Gasteiger partial charge in [-0.25, -0.2) is 0 Å². The van der Waals surface area contributed by atoms with Gasteiger partial charge in [0.05, 0.1) is 0 Å². The maximum atomic E-state index is 12.1. The summed E-state index contributed by atoms with van der Waals surface area (Å²) in [6, 6.07) is 6.76. The molecule has 0 aliphatic heterocycles. The van der Waals surface area contributed by atoms with E-state index in [4.69, 9.17) is 5.84 Å². The highest BCUT2D eigenvalue weighted by Crippen LogP contribution is 2.33. The third-order valence-electron chi connectivity index (χ3n) is 3.75. The van der Waals surface area contributed by atoms with Gasteiger partial charge in [-0.2, -0.15) is 8.78 Å². The number of rotatable bonds is 6. The van der Waals surface area contributed by atoms with Crippen LogP contribution in [0.3, 0.4) is 0 Å². The molecule has 106 valence electrons. The highest BCUT2D eigenvalue weighted by Gasteiger charge is 2.20. The number of nitrogens with one attached hydrogen (secondary N) is 1. The summed E-state index contributed by atoms with van der Waals surface area (Å²) in [4.78, 5) is 0. The number of halogens is 2. The van der Waals surface area contributed by atoms with Crippen LogP contribution in [0.25, 0.3) is 0 Å². The summed E-state index contributed by atoms with van der Waals surface area (Å²) in [5.74, 6) is 6.48. The second-order valence-corrected chi connectivity index (χ2v) is 5.05. The van der Waals surface area contributed by atoms with Crippen molar-refractivity contribution in [3.8, 4) is 5.75 Å². The number of benzene rings is 1. The predicted octanol–water partition coefficient (Wildman–Crippen LogP) is 3.37. The minimum atomic E-state index is -2.78. The lowest BCUT2D eigenvalue weighted by molar-refractivity contribution is -0.0498. The Morgan fingerprint density at radius 2 is 1.84 bits per heavy atom. The fourth-order valence-corrected chi connectivity index (χ4v) is 2.76. The lowest BCUT2D eigenvalue weighted by atomic mass is 9.94. The molecule has 1 unspecified atom stereocenters. The Morgan fingerprint density at radius 3 is 2.37 bits per heavy atom. The second-order valence-electron chi connectivity index (χ2n) is 5.05. The largest absolute Gasteiger partial charge is 0.435 e. The van der Waals surface area contributed by atoms with E-state index >= 15 is 0 Å². The van der Waals surface area contributed by atoms with Gasteiger partial charge < -0.3 is 4.74 Å². The number of ether oxygens (including phenoxy) is 1. The molecule has 19 heavy (non-hydrogen) atoms. The highest BCUT2D eigenvalue weighted by atomic mass is 19.3. The smallest absolute Gasteiger partial charge is 0.387 e. The molecule has 1 aliphatic rings. The monoisotopic (exact) mass is 270 g/mol. The van der Waals surface area contributed by atoms with Crippen molar-refractivity contribution >= 4 is 0 Å². The van der Waals surface area contributed by atoms with E-state index in [2.05, 4.69) is 10.2 Å². The molecule has 1 saturated carbocycles. The Kier molecular flexibility index (Phi) is 5.10. The molecule has 0 saturated heterocycles. The molecule has 1 atom stereocenters. The molecule has 3 nitrogen and oxygen atoms in total. The van der Waals surface area contributed by atoms with Crippen LogP contribution in [0.2, 0.25) is 0 Å².